The fourth-order valence-electron chi connectivity index (χ4n) is 0.361. The van der Waals surface area contributed by atoms with Gasteiger partial charge in [0.05, 0.1) is 0 Å². The van der Waals surface area contributed by atoms with Gasteiger partial charge >= 0.3 is 0 Å². The van der Waals surface area contributed by atoms with Crippen LogP contribution in [0.2, 0.25) is 0 Å². The van der Waals surface area contributed by atoms with Crippen molar-refractivity contribution in [1.29, 1.82) is 0 Å². The van der Waals surface area contributed by atoms with Crippen LogP contribution in [-0.2, 0) is 14.3 Å². The molecule has 0 N–H and O–H groups in total. The molecule has 0 bridgehead atoms. The summed E-state index contributed by atoms with van der Waals surface area (Å²) in [6, 6.07) is 0. The zero-order valence-corrected chi connectivity index (χ0v) is 4.09. The molecular weight excluding hydrogens is 108 g/mol. The first-order valence-electron chi connectivity index (χ1n) is 2.11. The van der Waals surface area contributed by atoms with Gasteiger partial charge in [-0.15, -0.1) is 0 Å². The molecule has 42 valence electrons. The van der Waals surface area contributed by atoms with Gasteiger partial charge in [0.1, 0.15) is 12.5 Å². The van der Waals surface area contributed by atoms with Crippen molar-refractivity contribution in [2.75, 3.05) is 6.61 Å². The van der Waals surface area contributed by atoms with Crippen LogP contribution in [0, 0.1) is 0 Å². The van der Waals surface area contributed by atoms with Crippen LogP contribution in [0.4, 0.5) is 0 Å². The first-order chi connectivity index (χ1) is 3.93. The zero-order valence-electron chi connectivity index (χ0n) is 4.09. The van der Waals surface area contributed by atoms with Crippen LogP contribution in [0.1, 0.15) is 0 Å². The minimum atomic E-state index is 0.188. The lowest BCUT2D eigenvalue weighted by molar-refractivity contribution is 0.169. The van der Waals surface area contributed by atoms with Crippen molar-refractivity contribution in [3.8, 4) is 0 Å². The van der Waals surface area contributed by atoms with Gasteiger partial charge in [-0.05, 0) is 0 Å². The third-order valence-corrected chi connectivity index (χ3v) is 0.690. The molecule has 0 saturated heterocycles. The summed E-state index contributed by atoms with van der Waals surface area (Å²) in [5.41, 5.74) is 0. The van der Waals surface area contributed by atoms with E-state index in [2.05, 4.69) is 9.47 Å². The molecule has 3 nitrogen and oxygen atoms in total. The van der Waals surface area contributed by atoms with Crippen molar-refractivity contribution in [1.82, 2.24) is 0 Å². The number of hydrogen-bond acceptors (Lipinski definition) is 3. The second kappa shape index (κ2) is 2.19. The number of carbonyl (C=O) groups excluding carboxylic acids is 1. The number of hydrogen-bond donors (Lipinski definition) is 0. The third kappa shape index (κ3) is 0.891. The molecule has 0 aromatic rings. The summed E-state index contributed by atoms with van der Waals surface area (Å²) in [7, 11) is 0. The summed E-state index contributed by atoms with van der Waals surface area (Å²) in [6.45, 7) is 0.194. The summed E-state index contributed by atoms with van der Waals surface area (Å²) in [4.78, 5) is 9.76. The highest BCUT2D eigenvalue weighted by Crippen LogP contribution is 1.99. The molecule has 0 unspecified atom stereocenters. The van der Waals surface area contributed by atoms with E-state index in [1.807, 2.05) is 0 Å². The molecule has 0 aliphatic carbocycles. The number of ether oxygens (including phenoxy) is 2. The quantitative estimate of drug-likeness (QED) is 0.420. The van der Waals surface area contributed by atoms with Crippen molar-refractivity contribution in [2.24, 2.45) is 0 Å². The summed E-state index contributed by atoms with van der Waals surface area (Å²) < 4.78 is 9.28. The van der Waals surface area contributed by atoms with Crippen molar-refractivity contribution >= 4 is 5.94 Å². The van der Waals surface area contributed by atoms with Crippen molar-refractivity contribution < 1.29 is 14.3 Å². The Kier molecular flexibility index (Phi) is 1.35. The van der Waals surface area contributed by atoms with E-state index >= 15 is 0 Å². The Balaban J connectivity index is 2.63. The maximum absolute atomic E-state index is 9.76. The van der Waals surface area contributed by atoms with Crippen LogP contribution in [0.5, 0.6) is 0 Å². The van der Waals surface area contributed by atoms with Crippen LogP contribution in [-0.4, -0.2) is 12.5 Å². The Morgan fingerprint density at radius 1 is 1.62 bits per heavy atom. The van der Waals surface area contributed by atoms with Gasteiger partial charge in [-0.2, -0.15) is 0 Å². The number of rotatable bonds is 0. The summed E-state index contributed by atoms with van der Waals surface area (Å²) in [6.07, 6.45) is 2.67. The van der Waals surface area contributed by atoms with Gasteiger partial charge in [0.15, 0.2) is 12.5 Å². The minimum Gasteiger partial charge on any atom is -0.489 e. The molecule has 0 aromatic carbocycles. The molecule has 0 fully saturated rings. The molecule has 1 aliphatic rings. The van der Waals surface area contributed by atoms with E-state index in [4.69, 9.17) is 0 Å². The highest BCUT2D eigenvalue weighted by molar-refractivity contribution is 5.50. The van der Waals surface area contributed by atoms with Crippen LogP contribution in [0.15, 0.2) is 18.3 Å². The monoisotopic (exact) mass is 112 g/mol. The molecule has 1 rings (SSSR count). The fourth-order valence-corrected chi connectivity index (χ4v) is 0.361. The Labute approximate surface area is 46.2 Å². The van der Waals surface area contributed by atoms with E-state index in [-0.39, 0.29) is 12.4 Å². The normalized spacial score (nSPS) is 16.2. The fraction of sp³-hybridized carbons (Fsp3) is 0.200. The van der Waals surface area contributed by atoms with Crippen LogP contribution in [0.25, 0.3) is 0 Å². The largest absolute Gasteiger partial charge is 0.489 e. The summed E-state index contributed by atoms with van der Waals surface area (Å²) in [5.74, 6) is 1.76. The van der Waals surface area contributed by atoms with E-state index in [1.165, 1.54) is 12.5 Å². The molecule has 0 amide bonds. The summed E-state index contributed by atoms with van der Waals surface area (Å²) >= 11 is 0. The Bertz CT molecular complexity index is 153. The van der Waals surface area contributed by atoms with E-state index in [0.29, 0.717) is 0 Å². The van der Waals surface area contributed by atoms with Crippen molar-refractivity contribution in [3.05, 3.63) is 18.3 Å². The molecule has 0 saturated carbocycles. The predicted molar refractivity (Wildman–Crippen MR) is 25.4 cm³/mol. The Morgan fingerprint density at radius 3 is 2.88 bits per heavy atom. The van der Waals surface area contributed by atoms with Gasteiger partial charge in [-0.1, -0.05) is 0 Å². The first kappa shape index (κ1) is 4.94. The maximum atomic E-state index is 9.76. The van der Waals surface area contributed by atoms with Crippen LogP contribution >= 0.6 is 0 Å². The van der Waals surface area contributed by atoms with E-state index in [0.717, 1.165) is 0 Å². The summed E-state index contributed by atoms with van der Waals surface area (Å²) in [5, 5.41) is 0. The lowest BCUT2D eigenvalue weighted by Crippen LogP contribution is -2.00. The molecule has 0 aromatic heterocycles. The van der Waals surface area contributed by atoms with E-state index < -0.39 is 0 Å². The van der Waals surface area contributed by atoms with Crippen molar-refractivity contribution in [3.63, 3.8) is 0 Å². The van der Waals surface area contributed by atoms with Crippen LogP contribution < -0.4 is 0 Å². The molecule has 1 heterocycles. The topological polar surface area (TPSA) is 35.5 Å². The molecule has 0 radical (unpaired) electrons. The molecule has 3 heteroatoms. The maximum Gasteiger partial charge on any atom is 0.223 e. The van der Waals surface area contributed by atoms with Gasteiger partial charge in [-0.3, -0.25) is 0 Å². The first-order valence-corrected chi connectivity index (χ1v) is 2.11. The molecule has 8 heavy (non-hydrogen) atoms. The lowest BCUT2D eigenvalue weighted by Gasteiger charge is -2.05. The average molecular weight is 112 g/mol. The van der Waals surface area contributed by atoms with Gasteiger partial charge in [-0.25, -0.2) is 4.79 Å². The highest BCUT2D eigenvalue weighted by Gasteiger charge is 1.99. The standard InChI is InChI=1S/C5H4O3/c6-3-5-4-7-1-2-8-5/h1-2H,4H2. The molecule has 0 atom stereocenters. The van der Waals surface area contributed by atoms with Crippen molar-refractivity contribution in [2.45, 2.75) is 0 Å². The minimum absolute atomic E-state index is 0.188. The van der Waals surface area contributed by atoms with Gasteiger partial charge < -0.3 is 9.47 Å². The Hall–Kier alpha value is -1.21. The second-order valence-corrected chi connectivity index (χ2v) is 1.23. The van der Waals surface area contributed by atoms with E-state index in [1.54, 1.807) is 5.94 Å². The Morgan fingerprint density at radius 2 is 2.50 bits per heavy atom. The van der Waals surface area contributed by atoms with Gasteiger partial charge in [0.2, 0.25) is 5.76 Å². The second-order valence-electron chi connectivity index (χ2n) is 1.23. The smallest absolute Gasteiger partial charge is 0.223 e. The lowest BCUT2D eigenvalue weighted by atomic mass is 10.6. The van der Waals surface area contributed by atoms with Gasteiger partial charge in [0, 0.05) is 0 Å². The SMILES string of the molecule is O=C=C1COC=CO1. The molecule has 1 aliphatic heterocycles. The zero-order chi connectivity index (χ0) is 5.82. The van der Waals surface area contributed by atoms with Gasteiger partial charge in [0.25, 0.3) is 0 Å². The highest BCUT2D eigenvalue weighted by atomic mass is 16.6. The average Bonchev–Trinajstić information content (AvgIpc) is 1.90. The molecular formula is C5H4O3. The third-order valence-electron chi connectivity index (χ3n) is 0.690. The molecule has 0 spiro atoms. The van der Waals surface area contributed by atoms with E-state index in [9.17, 15) is 4.79 Å². The predicted octanol–water partition coefficient (Wildman–Crippen LogP) is 0.220. The van der Waals surface area contributed by atoms with Crippen LogP contribution in [0.3, 0.4) is 0 Å².